The van der Waals surface area contributed by atoms with Crippen LogP contribution in [0.2, 0.25) is 0 Å². The van der Waals surface area contributed by atoms with Crippen LogP contribution in [0.5, 0.6) is 0 Å². The molecule has 0 aromatic carbocycles. The van der Waals surface area contributed by atoms with Crippen molar-refractivity contribution in [2.75, 3.05) is 0 Å². The number of rotatable bonds is 1. The Morgan fingerprint density at radius 2 is 1.94 bits per heavy atom. The van der Waals surface area contributed by atoms with E-state index < -0.39 is 16.5 Å². The molecule has 0 aliphatic carbocycles. The van der Waals surface area contributed by atoms with Gasteiger partial charge in [-0.3, -0.25) is 18.7 Å². The SMILES string of the molecule is Cn1c(=O)c2nc(C(=O)Cl)cnc2n(C)c1=O. The monoisotopic (exact) mass is 254 g/mol. The Balaban J connectivity index is 3.02. The zero-order chi connectivity index (χ0) is 12.7. The molecule has 0 unspecified atom stereocenters. The zero-order valence-corrected chi connectivity index (χ0v) is 9.72. The van der Waals surface area contributed by atoms with Crippen LogP contribution < -0.4 is 11.2 Å². The third kappa shape index (κ3) is 1.64. The first-order chi connectivity index (χ1) is 7.93. The van der Waals surface area contributed by atoms with Gasteiger partial charge < -0.3 is 0 Å². The van der Waals surface area contributed by atoms with Crippen LogP contribution in [0.1, 0.15) is 10.5 Å². The van der Waals surface area contributed by atoms with Crippen LogP contribution in [-0.4, -0.2) is 24.3 Å². The van der Waals surface area contributed by atoms with Gasteiger partial charge in [0.05, 0.1) is 6.20 Å². The van der Waals surface area contributed by atoms with Crippen LogP contribution in [0.3, 0.4) is 0 Å². The fourth-order valence-corrected chi connectivity index (χ4v) is 1.52. The second-order valence-electron chi connectivity index (χ2n) is 3.41. The van der Waals surface area contributed by atoms with Gasteiger partial charge in [0.15, 0.2) is 11.2 Å². The van der Waals surface area contributed by atoms with Crippen LogP contribution in [-0.2, 0) is 14.1 Å². The number of halogens is 1. The average molecular weight is 255 g/mol. The van der Waals surface area contributed by atoms with Gasteiger partial charge in [-0.2, -0.15) is 0 Å². The molecule has 2 rings (SSSR count). The predicted octanol–water partition coefficient (Wildman–Crippen LogP) is -0.594. The standard InChI is InChI=1S/C9H7ClN4O3/c1-13-7-5(8(16)14(2)9(13)17)12-4(3-11-7)6(10)15/h3H,1-2H3. The van der Waals surface area contributed by atoms with Crippen molar-refractivity contribution < 1.29 is 4.79 Å². The maximum absolute atomic E-state index is 11.8. The molecular formula is C9H7ClN4O3. The number of aromatic nitrogens is 4. The Morgan fingerprint density at radius 1 is 1.29 bits per heavy atom. The lowest BCUT2D eigenvalue weighted by Crippen LogP contribution is -2.37. The summed E-state index contributed by atoms with van der Waals surface area (Å²) in [5.74, 6) is 0. The number of hydrogen-bond donors (Lipinski definition) is 0. The molecule has 17 heavy (non-hydrogen) atoms. The van der Waals surface area contributed by atoms with E-state index in [2.05, 4.69) is 9.97 Å². The van der Waals surface area contributed by atoms with E-state index in [-0.39, 0.29) is 16.9 Å². The summed E-state index contributed by atoms with van der Waals surface area (Å²) in [5.41, 5.74) is -1.21. The van der Waals surface area contributed by atoms with Crippen LogP contribution in [0.4, 0.5) is 0 Å². The van der Waals surface area contributed by atoms with Crippen LogP contribution in [0.25, 0.3) is 11.2 Å². The molecule has 0 bridgehead atoms. The van der Waals surface area contributed by atoms with E-state index in [1.54, 1.807) is 0 Å². The number of carbonyl (C=O) groups excluding carboxylic acids is 1. The molecule has 0 amide bonds. The highest BCUT2D eigenvalue weighted by atomic mass is 35.5. The van der Waals surface area contributed by atoms with Gasteiger partial charge in [-0.05, 0) is 11.6 Å². The van der Waals surface area contributed by atoms with Crippen molar-refractivity contribution in [1.29, 1.82) is 0 Å². The fourth-order valence-electron chi connectivity index (χ4n) is 1.43. The normalized spacial score (nSPS) is 10.8. The molecule has 0 saturated carbocycles. The van der Waals surface area contributed by atoms with E-state index in [0.29, 0.717) is 0 Å². The van der Waals surface area contributed by atoms with Crippen molar-refractivity contribution >= 4 is 28.0 Å². The molecule has 2 aromatic rings. The summed E-state index contributed by atoms with van der Waals surface area (Å²) in [6.45, 7) is 0. The summed E-state index contributed by atoms with van der Waals surface area (Å²) in [5, 5.41) is -0.810. The molecule has 0 spiro atoms. The molecule has 0 atom stereocenters. The molecule has 8 heteroatoms. The molecule has 2 heterocycles. The first-order valence-corrected chi connectivity index (χ1v) is 4.94. The Morgan fingerprint density at radius 3 is 2.53 bits per heavy atom. The summed E-state index contributed by atoms with van der Waals surface area (Å²) >= 11 is 5.25. The number of aryl methyl sites for hydroxylation is 1. The Hall–Kier alpha value is -2.02. The summed E-state index contributed by atoms with van der Waals surface area (Å²) in [7, 11) is 2.78. The molecule has 0 N–H and O–H groups in total. The summed E-state index contributed by atoms with van der Waals surface area (Å²) in [6, 6.07) is 0. The molecule has 0 radical (unpaired) electrons. The summed E-state index contributed by atoms with van der Waals surface area (Å²) < 4.78 is 2.06. The molecule has 88 valence electrons. The second-order valence-corrected chi connectivity index (χ2v) is 3.75. The predicted molar refractivity (Wildman–Crippen MR) is 60.2 cm³/mol. The van der Waals surface area contributed by atoms with Crippen molar-refractivity contribution in [1.82, 2.24) is 19.1 Å². The van der Waals surface area contributed by atoms with Gasteiger partial charge in [-0.1, -0.05) is 0 Å². The quantitative estimate of drug-likeness (QED) is 0.635. The molecule has 2 aromatic heterocycles. The first-order valence-electron chi connectivity index (χ1n) is 4.56. The highest BCUT2D eigenvalue weighted by Crippen LogP contribution is 2.04. The van der Waals surface area contributed by atoms with Gasteiger partial charge >= 0.3 is 5.69 Å². The van der Waals surface area contributed by atoms with Gasteiger partial charge in [0.2, 0.25) is 0 Å². The third-order valence-corrected chi connectivity index (χ3v) is 2.55. The number of carbonyl (C=O) groups is 1. The molecule has 0 fully saturated rings. The van der Waals surface area contributed by atoms with E-state index >= 15 is 0 Å². The van der Waals surface area contributed by atoms with Gasteiger partial charge in [-0.25, -0.2) is 14.8 Å². The Kier molecular flexibility index (Phi) is 2.55. The molecule has 0 saturated heterocycles. The second kappa shape index (κ2) is 3.77. The highest BCUT2D eigenvalue weighted by Gasteiger charge is 2.13. The first kappa shape index (κ1) is 11.5. The van der Waals surface area contributed by atoms with Crippen molar-refractivity contribution in [3.63, 3.8) is 0 Å². The molecule has 0 aliphatic heterocycles. The fraction of sp³-hybridized carbons (Fsp3) is 0.222. The smallest absolute Gasteiger partial charge is 0.279 e. The van der Waals surface area contributed by atoms with Crippen molar-refractivity contribution in [3.8, 4) is 0 Å². The minimum Gasteiger partial charge on any atom is -0.279 e. The Bertz CT molecular complexity index is 746. The van der Waals surface area contributed by atoms with Crippen LogP contribution in [0.15, 0.2) is 15.8 Å². The Labute approximate surface area is 99.3 Å². The van der Waals surface area contributed by atoms with Crippen LogP contribution in [0, 0.1) is 0 Å². The summed E-state index contributed by atoms with van der Waals surface area (Å²) in [4.78, 5) is 41.9. The highest BCUT2D eigenvalue weighted by molar-refractivity contribution is 6.67. The van der Waals surface area contributed by atoms with Crippen molar-refractivity contribution in [2.24, 2.45) is 14.1 Å². The van der Waals surface area contributed by atoms with Crippen molar-refractivity contribution in [2.45, 2.75) is 0 Å². The van der Waals surface area contributed by atoms with E-state index in [4.69, 9.17) is 11.6 Å². The maximum Gasteiger partial charge on any atom is 0.332 e. The van der Waals surface area contributed by atoms with Gasteiger partial charge in [0, 0.05) is 14.1 Å². The molecule has 7 nitrogen and oxygen atoms in total. The van der Waals surface area contributed by atoms with Crippen molar-refractivity contribution in [3.05, 3.63) is 32.7 Å². The zero-order valence-electron chi connectivity index (χ0n) is 8.97. The van der Waals surface area contributed by atoms with Gasteiger partial charge in [-0.15, -0.1) is 0 Å². The van der Waals surface area contributed by atoms with E-state index in [9.17, 15) is 14.4 Å². The maximum atomic E-state index is 11.8. The molecular weight excluding hydrogens is 248 g/mol. The lowest BCUT2D eigenvalue weighted by Gasteiger charge is -2.05. The van der Waals surface area contributed by atoms with Gasteiger partial charge in [0.1, 0.15) is 5.69 Å². The number of nitrogens with zero attached hydrogens (tertiary/aromatic N) is 4. The largest absolute Gasteiger partial charge is 0.332 e. The lowest BCUT2D eigenvalue weighted by atomic mass is 10.4. The third-order valence-electron chi connectivity index (χ3n) is 2.35. The van der Waals surface area contributed by atoms with E-state index in [1.165, 1.54) is 18.7 Å². The topological polar surface area (TPSA) is 86.8 Å². The minimum atomic E-state index is -0.810. The van der Waals surface area contributed by atoms with Crippen LogP contribution >= 0.6 is 11.6 Å². The summed E-state index contributed by atoms with van der Waals surface area (Å²) in [6.07, 6.45) is 1.12. The lowest BCUT2D eigenvalue weighted by molar-refractivity contribution is 0.107. The molecule has 0 aliphatic rings. The number of hydrogen-bond acceptors (Lipinski definition) is 5. The van der Waals surface area contributed by atoms with E-state index in [1.807, 2.05) is 0 Å². The average Bonchev–Trinajstić information content (AvgIpc) is 2.32. The van der Waals surface area contributed by atoms with E-state index in [0.717, 1.165) is 10.8 Å². The minimum absolute atomic E-state index is 0.0684. The van der Waals surface area contributed by atoms with Gasteiger partial charge in [0.25, 0.3) is 10.8 Å². The number of fused-ring (bicyclic) bond motifs is 1.